The molecule has 0 saturated carbocycles. The van der Waals surface area contributed by atoms with Crippen LogP contribution in [0.5, 0.6) is 5.75 Å². The Balaban J connectivity index is 1.57. The maximum absolute atomic E-state index is 13.5. The second-order valence-corrected chi connectivity index (χ2v) is 7.51. The molecule has 0 aromatic heterocycles. The fraction of sp³-hybridized carbons (Fsp3) is 0.167. The van der Waals surface area contributed by atoms with E-state index in [9.17, 15) is 9.59 Å². The van der Waals surface area contributed by atoms with Crippen molar-refractivity contribution in [2.45, 2.75) is 12.0 Å². The van der Waals surface area contributed by atoms with Crippen LogP contribution in [0.1, 0.15) is 11.1 Å². The van der Waals surface area contributed by atoms with Gasteiger partial charge in [0, 0.05) is 6.42 Å². The van der Waals surface area contributed by atoms with Gasteiger partial charge >= 0.3 is 6.03 Å². The van der Waals surface area contributed by atoms with Gasteiger partial charge in [-0.3, -0.25) is 9.69 Å². The van der Waals surface area contributed by atoms with Crippen LogP contribution in [0.3, 0.4) is 0 Å². The summed E-state index contributed by atoms with van der Waals surface area (Å²) in [5.74, 6) is 0.232. The molecule has 3 aromatic rings. The van der Waals surface area contributed by atoms with E-state index in [-0.39, 0.29) is 19.1 Å². The van der Waals surface area contributed by atoms with E-state index in [1.165, 1.54) is 4.90 Å². The molecule has 0 bridgehead atoms. The summed E-state index contributed by atoms with van der Waals surface area (Å²) in [5, 5.41) is 3.43. The number of amides is 3. The average molecular weight is 421 g/mol. The molecule has 1 heterocycles. The molecule has 30 heavy (non-hydrogen) atoms. The number of halogens is 1. The van der Waals surface area contributed by atoms with Gasteiger partial charge < -0.3 is 10.1 Å². The van der Waals surface area contributed by atoms with Gasteiger partial charge in [-0.1, -0.05) is 84.4 Å². The summed E-state index contributed by atoms with van der Waals surface area (Å²) in [6.45, 7) is 0.276. The number of imide groups is 1. The van der Waals surface area contributed by atoms with Crippen molar-refractivity contribution in [3.05, 3.63) is 101 Å². The Hall–Kier alpha value is -3.31. The summed E-state index contributed by atoms with van der Waals surface area (Å²) in [7, 11) is 0. The monoisotopic (exact) mass is 420 g/mol. The molecule has 0 spiro atoms. The fourth-order valence-corrected chi connectivity index (χ4v) is 3.87. The van der Waals surface area contributed by atoms with Crippen molar-refractivity contribution < 1.29 is 14.3 Å². The number of carbonyl (C=O) groups is 2. The molecule has 1 aliphatic rings. The molecule has 1 saturated heterocycles. The van der Waals surface area contributed by atoms with E-state index in [4.69, 9.17) is 16.3 Å². The van der Waals surface area contributed by atoms with Crippen molar-refractivity contribution in [1.82, 2.24) is 10.2 Å². The van der Waals surface area contributed by atoms with Crippen LogP contribution in [0.4, 0.5) is 4.79 Å². The Labute approximate surface area is 180 Å². The van der Waals surface area contributed by atoms with Crippen LogP contribution in [0.2, 0.25) is 5.02 Å². The minimum absolute atomic E-state index is 0.124. The minimum Gasteiger partial charge on any atom is -0.490 e. The lowest BCUT2D eigenvalue weighted by molar-refractivity contribution is -0.131. The number of hydrogen-bond donors (Lipinski definition) is 1. The standard InChI is InChI=1S/C24H21ClN2O3/c25-20-13-7-8-14-21(20)30-16-15-27-22(28)24(26-23(27)29,19-11-5-2-6-12-19)17-18-9-3-1-4-10-18/h1-14H,15-17H2,(H,26,29)/t24-/m0/s1. The van der Waals surface area contributed by atoms with Crippen LogP contribution in [0, 0.1) is 0 Å². The number of para-hydroxylation sites is 1. The highest BCUT2D eigenvalue weighted by molar-refractivity contribution is 6.32. The van der Waals surface area contributed by atoms with E-state index in [0.717, 1.165) is 11.1 Å². The maximum Gasteiger partial charge on any atom is 0.325 e. The number of urea groups is 1. The first-order valence-electron chi connectivity index (χ1n) is 9.71. The third-order valence-corrected chi connectivity index (χ3v) is 5.48. The number of hydrogen-bond acceptors (Lipinski definition) is 3. The molecule has 6 heteroatoms. The van der Waals surface area contributed by atoms with Crippen molar-refractivity contribution in [1.29, 1.82) is 0 Å². The van der Waals surface area contributed by atoms with Gasteiger partial charge in [0.1, 0.15) is 12.4 Å². The largest absolute Gasteiger partial charge is 0.490 e. The van der Waals surface area contributed by atoms with E-state index in [2.05, 4.69) is 5.32 Å². The quantitative estimate of drug-likeness (QED) is 0.576. The Morgan fingerprint density at radius 2 is 1.50 bits per heavy atom. The van der Waals surface area contributed by atoms with E-state index in [1.807, 2.05) is 72.8 Å². The van der Waals surface area contributed by atoms with E-state index < -0.39 is 11.6 Å². The Bertz CT molecular complexity index is 1040. The topological polar surface area (TPSA) is 58.6 Å². The van der Waals surface area contributed by atoms with Crippen molar-refractivity contribution in [2.75, 3.05) is 13.2 Å². The molecule has 0 radical (unpaired) electrons. The highest BCUT2D eigenvalue weighted by Crippen LogP contribution is 2.33. The molecule has 1 fully saturated rings. The molecule has 1 atom stereocenters. The smallest absolute Gasteiger partial charge is 0.325 e. The number of nitrogens with zero attached hydrogens (tertiary/aromatic N) is 1. The third-order valence-electron chi connectivity index (χ3n) is 5.16. The molecule has 3 amide bonds. The van der Waals surface area contributed by atoms with Crippen molar-refractivity contribution in [3.8, 4) is 5.75 Å². The zero-order chi connectivity index (χ0) is 21.0. The molecule has 152 valence electrons. The van der Waals surface area contributed by atoms with Crippen LogP contribution < -0.4 is 10.1 Å². The Morgan fingerprint density at radius 1 is 0.867 bits per heavy atom. The first-order chi connectivity index (χ1) is 14.6. The van der Waals surface area contributed by atoms with Crippen LogP contribution in [0.25, 0.3) is 0 Å². The van der Waals surface area contributed by atoms with Gasteiger partial charge in [0.2, 0.25) is 0 Å². The number of rotatable bonds is 7. The van der Waals surface area contributed by atoms with Gasteiger partial charge in [-0.2, -0.15) is 0 Å². The maximum atomic E-state index is 13.5. The van der Waals surface area contributed by atoms with Crippen LogP contribution in [-0.4, -0.2) is 30.0 Å². The van der Waals surface area contributed by atoms with Gasteiger partial charge in [-0.15, -0.1) is 0 Å². The van der Waals surface area contributed by atoms with Crippen molar-refractivity contribution in [3.63, 3.8) is 0 Å². The summed E-state index contributed by atoms with van der Waals surface area (Å²) in [6, 6.07) is 25.7. The molecule has 1 N–H and O–H groups in total. The second-order valence-electron chi connectivity index (χ2n) is 7.10. The summed E-state index contributed by atoms with van der Waals surface area (Å²) in [6.07, 6.45) is 0.365. The van der Waals surface area contributed by atoms with Crippen LogP contribution in [0.15, 0.2) is 84.9 Å². The summed E-state index contributed by atoms with van der Waals surface area (Å²) in [5.41, 5.74) is 0.565. The molecular formula is C24H21ClN2O3. The predicted molar refractivity (Wildman–Crippen MR) is 115 cm³/mol. The van der Waals surface area contributed by atoms with Crippen molar-refractivity contribution in [2.24, 2.45) is 0 Å². The van der Waals surface area contributed by atoms with Gasteiger partial charge in [0.15, 0.2) is 5.54 Å². The molecule has 5 nitrogen and oxygen atoms in total. The van der Waals surface area contributed by atoms with E-state index >= 15 is 0 Å². The highest BCUT2D eigenvalue weighted by atomic mass is 35.5. The lowest BCUT2D eigenvalue weighted by Crippen LogP contribution is -2.46. The molecule has 1 aliphatic heterocycles. The summed E-state index contributed by atoms with van der Waals surface area (Å²) in [4.78, 5) is 27.5. The Morgan fingerprint density at radius 3 is 2.20 bits per heavy atom. The zero-order valence-electron chi connectivity index (χ0n) is 16.3. The fourth-order valence-electron chi connectivity index (χ4n) is 3.68. The second kappa shape index (κ2) is 8.59. The van der Waals surface area contributed by atoms with Crippen molar-refractivity contribution >= 4 is 23.5 Å². The number of nitrogens with one attached hydrogen (secondary N) is 1. The summed E-state index contributed by atoms with van der Waals surface area (Å²) >= 11 is 6.11. The summed E-state index contributed by atoms with van der Waals surface area (Å²) < 4.78 is 5.68. The van der Waals surface area contributed by atoms with Gasteiger partial charge in [-0.05, 0) is 23.3 Å². The lowest BCUT2D eigenvalue weighted by atomic mass is 9.83. The Kier molecular flexibility index (Phi) is 5.72. The van der Waals surface area contributed by atoms with Gasteiger partial charge in [-0.25, -0.2) is 4.79 Å². The average Bonchev–Trinajstić information content (AvgIpc) is 3.01. The van der Waals surface area contributed by atoms with E-state index in [0.29, 0.717) is 17.2 Å². The third kappa shape index (κ3) is 3.89. The molecule has 0 aliphatic carbocycles. The normalized spacial score (nSPS) is 18.4. The molecule has 4 rings (SSSR count). The number of carbonyl (C=O) groups excluding carboxylic acids is 2. The minimum atomic E-state index is -1.15. The lowest BCUT2D eigenvalue weighted by Gasteiger charge is -2.27. The van der Waals surface area contributed by atoms with Crippen LogP contribution in [-0.2, 0) is 16.8 Å². The number of ether oxygens (including phenoxy) is 1. The first kappa shape index (κ1) is 20.0. The SMILES string of the molecule is O=C1N[C@@](Cc2ccccc2)(c2ccccc2)C(=O)N1CCOc1ccccc1Cl. The molecule has 0 unspecified atom stereocenters. The molecular weight excluding hydrogens is 400 g/mol. The van der Waals surface area contributed by atoms with Gasteiger partial charge in [0.25, 0.3) is 5.91 Å². The van der Waals surface area contributed by atoms with E-state index in [1.54, 1.807) is 12.1 Å². The number of benzene rings is 3. The van der Waals surface area contributed by atoms with Crippen LogP contribution >= 0.6 is 11.6 Å². The molecule has 3 aromatic carbocycles. The van der Waals surface area contributed by atoms with Gasteiger partial charge in [0.05, 0.1) is 11.6 Å². The first-order valence-corrected chi connectivity index (χ1v) is 10.1. The zero-order valence-corrected chi connectivity index (χ0v) is 17.0. The highest BCUT2D eigenvalue weighted by Gasteiger charge is 2.52. The predicted octanol–water partition coefficient (Wildman–Crippen LogP) is 4.41.